The maximum absolute atomic E-state index is 10.4. The molecule has 15 heavy (non-hydrogen) atoms. The number of pyridine rings is 1. The summed E-state index contributed by atoms with van der Waals surface area (Å²) in [6, 6.07) is 3.74. The van der Waals surface area contributed by atoms with Gasteiger partial charge in [-0.1, -0.05) is 5.21 Å². The Bertz CT molecular complexity index is 482. The molecule has 2 rings (SSSR count). The normalized spacial score (nSPS) is 10.2. The maximum atomic E-state index is 10.4. The van der Waals surface area contributed by atoms with Crippen molar-refractivity contribution in [3.8, 4) is 0 Å². The lowest BCUT2D eigenvalue weighted by atomic mass is 10.3. The van der Waals surface area contributed by atoms with Crippen molar-refractivity contribution in [1.29, 1.82) is 0 Å². The van der Waals surface area contributed by atoms with Crippen LogP contribution in [0.25, 0.3) is 0 Å². The van der Waals surface area contributed by atoms with Crippen molar-refractivity contribution >= 4 is 22.2 Å². The summed E-state index contributed by atoms with van der Waals surface area (Å²) in [5, 5.41) is 7.46. The molecule has 0 radical (unpaired) electrons. The van der Waals surface area contributed by atoms with Crippen molar-refractivity contribution < 1.29 is 4.79 Å². The smallest absolute Gasteiger partial charge is 0.171 e. The molecule has 0 aliphatic carbocycles. The van der Waals surface area contributed by atoms with E-state index in [1.165, 1.54) is 0 Å². The Morgan fingerprint density at radius 3 is 3.07 bits per heavy atom. The molecule has 0 bridgehead atoms. The van der Waals surface area contributed by atoms with Gasteiger partial charge < -0.3 is 0 Å². The molecule has 0 saturated heterocycles. The zero-order valence-corrected chi connectivity index (χ0v) is 9.25. The Kier molecular flexibility index (Phi) is 2.86. The highest BCUT2D eigenvalue weighted by atomic mass is 79.9. The second-order valence-corrected chi connectivity index (χ2v) is 3.75. The van der Waals surface area contributed by atoms with Gasteiger partial charge in [-0.25, -0.2) is 4.68 Å². The van der Waals surface area contributed by atoms with E-state index in [1.54, 1.807) is 17.1 Å². The van der Waals surface area contributed by atoms with Crippen LogP contribution in [0.5, 0.6) is 0 Å². The monoisotopic (exact) mass is 266 g/mol. The molecule has 0 amide bonds. The van der Waals surface area contributed by atoms with Crippen LogP contribution < -0.4 is 0 Å². The van der Waals surface area contributed by atoms with Crippen LogP contribution in [0.15, 0.2) is 29.0 Å². The lowest BCUT2D eigenvalue weighted by Gasteiger charge is -2.01. The van der Waals surface area contributed by atoms with Gasteiger partial charge in [-0.05, 0) is 28.1 Å². The first-order valence-corrected chi connectivity index (χ1v) is 5.03. The third-order valence-corrected chi connectivity index (χ3v) is 2.55. The summed E-state index contributed by atoms with van der Waals surface area (Å²) in [5.74, 6) is 0. The summed E-state index contributed by atoms with van der Waals surface area (Å²) < 4.78 is 2.48. The number of aldehydes is 1. The van der Waals surface area contributed by atoms with E-state index in [0.717, 1.165) is 10.2 Å². The molecule has 76 valence electrons. The van der Waals surface area contributed by atoms with E-state index in [9.17, 15) is 4.79 Å². The molecule has 0 aliphatic heterocycles. The van der Waals surface area contributed by atoms with E-state index in [4.69, 9.17) is 0 Å². The van der Waals surface area contributed by atoms with Gasteiger partial charge in [0.15, 0.2) is 6.29 Å². The number of carbonyl (C=O) groups excluding carboxylic acids is 1. The molecule has 2 aromatic heterocycles. The van der Waals surface area contributed by atoms with Crippen LogP contribution in [0.3, 0.4) is 0 Å². The largest absolute Gasteiger partial charge is 0.296 e. The fraction of sp³-hybridized carbons (Fsp3) is 0.111. The molecular formula is C9H7BrN4O. The first kappa shape index (κ1) is 9.97. The molecule has 0 saturated carbocycles. The first-order chi connectivity index (χ1) is 7.29. The second-order valence-electron chi connectivity index (χ2n) is 2.89. The molecular weight excluding hydrogens is 260 g/mol. The Hall–Kier alpha value is -1.56. The summed E-state index contributed by atoms with van der Waals surface area (Å²) in [7, 11) is 0. The van der Waals surface area contributed by atoms with Crippen molar-refractivity contribution in [1.82, 2.24) is 20.0 Å². The standard InChI is InChI=1S/C9H7BrN4O/c10-8-2-1-3-11-9(8)5-14-4-7(6-15)12-13-14/h1-4,6H,5H2. The molecule has 0 aromatic carbocycles. The van der Waals surface area contributed by atoms with Gasteiger partial charge in [-0.15, -0.1) is 5.10 Å². The Labute approximate surface area is 94.3 Å². The van der Waals surface area contributed by atoms with Gasteiger partial charge in [0.1, 0.15) is 5.69 Å². The molecule has 0 spiro atoms. The third kappa shape index (κ3) is 2.27. The van der Waals surface area contributed by atoms with Crippen LogP contribution in [0.1, 0.15) is 16.2 Å². The van der Waals surface area contributed by atoms with Crippen LogP contribution >= 0.6 is 15.9 Å². The number of hydrogen-bond acceptors (Lipinski definition) is 4. The van der Waals surface area contributed by atoms with Crippen molar-refractivity contribution in [3.05, 3.63) is 40.4 Å². The van der Waals surface area contributed by atoms with Crippen LogP contribution in [-0.2, 0) is 6.54 Å². The minimum Gasteiger partial charge on any atom is -0.296 e. The topological polar surface area (TPSA) is 60.7 Å². The predicted octanol–water partition coefficient (Wildman–Crippen LogP) is 1.30. The Morgan fingerprint density at radius 2 is 2.40 bits per heavy atom. The minimum atomic E-state index is 0.321. The zero-order valence-electron chi connectivity index (χ0n) is 7.67. The number of hydrogen-bond donors (Lipinski definition) is 0. The van der Waals surface area contributed by atoms with Gasteiger partial charge in [0.2, 0.25) is 0 Å². The summed E-state index contributed by atoms with van der Waals surface area (Å²) in [4.78, 5) is 14.6. The Balaban J connectivity index is 2.22. The molecule has 2 heterocycles. The number of carbonyl (C=O) groups is 1. The van der Waals surface area contributed by atoms with Gasteiger partial charge in [0.05, 0.1) is 18.4 Å². The third-order valence-electron chi connectivity index (χ3n) is 1.82. The molecule has 2 aromatic rings. The molecule has 5 nitrogen and oxygen atoms in total. The van der Waals surface area contributed by atoms with Crippen LogP contribution in [0, 0.1) is 0 Å². The predicted molar refractivity (Wildman–Crippen MR) is 56.4 cm³/mol. The van der Waals surface area contributed by atoms with Crippen molar-refractivity contribution in [2.45, 2.75) is 6.54 Å². The van der Waals surface area contributed by atoms with Gasteiger partial charge >= 0.3 is 0 Å². The van der Waals surface area contributed by atoms with Crippen molar-refractivity contribution in [2.24, 2.45) is 0 Å². The number of halogens is 1. The number of nitrogens with zero attached hydrogens (tertiary/aromatic N) is 4. The van der Waals surface area contributed by atoms with E-state index in [0.29, 0.717) is 18.5 Å². The van der Waals surface area contributed by atoms with Gasteiger partial charge in [-0.3, -0.25) is 9.78 Å². The highest BCUT2D eigenvalue weighted by Gasteiger charge is 2.03. The lowest BCUT2D eigenvalue weighted by molar-refractivity contribution is 0.111. The van der Waals surface area contributed by atoms with E-state index in [2.05, 4.69) is 31.2 Å². The average molecular weight is 267 g/mol. The van der Waals surface area contributed by atoms with Gasteiger partial charge in [0.25, 0.3) is 0 Å². The number of rotatable bonds is 3. The maximum Gasteiger partial charge on any atom is 0.171 e. The van der Waals surface area contributed by atoms with Crippen LogP contribution in [0.2, 0.25) is 0 Å². The second kappa shape index (κ2) is 4.31. The Morgan fingerprint density at radius 1 is 1.53 bits per heavy atom. The molecule has 6 heteroatoms. The van der Waals surface area contributed by atoms with E-state index in [-0.39, 0.29) is 0 Å². The van der Waals surface area contributed by atoms with E-state index < -0.39 is 0 Å². The minimum absolute atomic E-state index is 0.321. The summed E-state index contributed by atoms with van der Waals surface area (Å²) >= 11 is 3.38. The van der Waals surface area contributed by atoms with Gasteiger partial charge in [-0.2, -0.15) is 0 Å². The number of aromatic nitrogens is 4. The molecule has 0 atom stereocenters. The SMILES string of the molecule is O=Cc1cn(Cc2ncccc2Br)nn1. The summed E-state index contributed by atoms with van der Waals surface area (Å²) in [5.41, 5.74) is 1.17. The molecule has 0 aliphatic rings. The zero-order chi connectivity index (χ0) is 10.7. The van der Waals surface area contributed by atoms with Crippen LogP contribution in [-0.4, -0.2) is 26.3 Å². The van der Waals surface area contributed by atoms with Gasteiger partial charge in [0, 0.05) is 10.7 Å². The van der Waals surface area contributed by atoms with Crippen molar-refractivity contribution in [2.75, 3.05) is 0 Å². The van der Waals surface area contributed by atoms with E-state index in [1.807, 2.05) is 12.1 Å². The fourth-order valence-electron chi connectivity index (χ4n) is 1.13. The summed E-state index contributed by atoms with van der Waals surface area (Å²) in [6.45, 7) is 0.488. The van der Waals surface area contributed by atoms with Crippen molar-refractivity contribution in [3.63, 3.8) is 0 Å². The summed E-state index contributed by atoms with van der Waals surface area (Å²) in [6.07, 6.45) is 3.95. The highest BCUT2D eigenvalue weighted by molar-refractivity contribution is 9.10. The fourth-order valence-corrected chi connectivity index (χ4v) is 1.51. The molecule has 0 fully saturated rings. The highest BCUT2D eigenvalue weighted by Crippen LogP contribution is 2.13. The quantitative estimate of drug-likeness (QED) is 0.786. The average Bonchev–Trinajstić information content (AvgIpc) is 2.69. The molecule has 0 unspecified atom stereocenters. The molecule has 0 N–H and O–H groups in total. The lowest BCUT2D eigenvalue weighted by Crippen LogP contribution is -2.03. The first-order valence-electron chi connectivity index (χ1n) is 4.24. The van der Waals surface area contributed by atoms with Crippen LogP contribution in [0.4, 0.5) is 0 Å². The van der Waals surface area contributed by atoms with E-state index >= 15 is 0 Å².